The summed E-state index contributed by atoms with van der Waals surface area (Å²) in [6.07, 6.45) is 43.8. The number of aliphatic hydroxyl groups is 1. The molecule has 0 aromatic carbocycles. The number of quaternary nitrogens is 1. The first kappa shape index (κ1) is 54.9. The van der Waals surface area contributed by atoms with Crippen LogP contribution < -0.4 is 17.0 Å². The summed E-state index contributed by atoms with van der Waals surface area (Å²) in [7, 11) is 3.78. The first-order chi connectivity index (χ1) is 26.3. The second kappa shape index (κ2) is 41.4. The van der Waals surface area contributed by atoms with Gasteiger partial charge in [0.25, 0.3) is 5.91 Å². The van der Waals surface area contributed by atoms with Crippen LogP contribution in [0.2, 0.25) is 0 Å². The van der Waals surface area contributed by atoms with Crippen LogP contribution in [-0.2, 0) is 23.9 Å². The van der Waals surface area contributed by atoms with Gasteiger partial charge >= 0.3 is 11.9 Å². The molecule has 0 bridgehead atoms. The van der Waals surface area contributed by atoms with Gasteiger partial charge in [0.1, 0.15) is 19.8 Å². The van der Waals surface area contributed by atoms with Gasteiger partial charge in [-0.2, -0.15) is 0 Å². The molecule has 9 heteroatoms. The van der Waals surface area contributed by atoms with Crippen LogP contribution in [0.3, 0.4) is 0 Å². The Bertz CT molecular complexity index is 962. The molecule has 0 rings (SSSR count). The Morgan fingerprint density at radius 2 is 0.909 bits per heavy atom. The summed E-state index contributed by atoms with van der Waals surface area (Å²) in [6, 6.07) is 0. The normalized spacial score (nSPS) is 11.9. The van der Waals surface area contributed by atoms with Gasteiger partial charge < -0.3 is 40.9 Å². The Balaban J connectivity index is 0. The zero-order chi connectivity index (χ0) is 39.8. The van der Waals surface area contributed by atoms with Crippen LogP contribution in [0.1, 0.15) is 168 Å². The number of unbranched alkanes of at least 4 members (excludes halogenated alkanes) is 16. The molecule has 0 aromatic rings. The van der Waals surface area contributed by atoms with Gasteiger partial charge in [0, 0.05) is 12.8 Å². The summed E-state index contributed by atoms with van der Waals surface area (Å²) in [4.78, 5) is 39.5. The highest BCUT2D eigenvalue weighted by Crippen LogP contribution is 2.11. The highest BCUT2D eigenvalue weighted by atomic mass is 79.9. The van der Waals surface area contributed by atoms with E-state index < -0.39 is 0 Å². The van der Waals surface area contributed by atoms with Crippen LogP contribution in [0.5, 0.6) is 0 Å². The van der Waals surface area contributed by atoms with Crippen LogP contribution in [0.15, 0.2) is 48.6 Å². The molecule has 0 saturated carbocycles. The largest absolute Gasteiger partial charge is 1.00 e. The third kappa shape index (κ3) is 39.8. The lowest BCUT2D eigenvalue weighted by Gasteiger charge is -2.31. The van der Waals surface area contributed by atoms with Crippen molar-refractivity contribution in [3.8, 4) is 0 Å². The van der Waals surface area contributed by atoms with Gasteiger partial charge in [-0.3, -0.25) is 14.4 Å². The summed E-state index contributed by atoms with van der Waals surface area (Å²) < 4.78 is 11.3. The molecule has 0 unspecified atom stereocenters. The summed E-state index contributed by atoms with van der Waals surface area (Å²) in [5, 5.41) is 9.40. The number of likely N-dealkylation sites (N-methyl/N-ethyl adjacent to an activating group) is 1. The summed E-state index contributed by atoms with van der Waals surface area (Å²) in [5.74, 6) is -0.607. The van der Waals surface area contributed by atoms with E-state index in [1.54, 1.807) is 4.90 Å². The number of ether oxygens (including phenoxy) is 2. The van der Waals surface area contributed by atoms with Crippen molar-refractivity contribution in [1.82, 2.24) is 4.90 Å². The molecule has 0 radical (unpaired) electrons. The average Bonchev–Trinajstić information content (AvgIpc) is 3.13. The smallest absolute Gasteiger partial charge is 0.305 e. The van der Waals surface area contributed by atoms with Crippen molar-refractivity contribution < 1.29 is 50.4 Å². The maximum atomic E-state index is 13.2. The van der Waals surface area contributed by atoms with Gasteiger partial charge in [0.15, 0.2) is 6.54 Å². The van der Waals surface area contributed by atoms with Crippen molar-refractivity contribution in [2.75, 3.05) is 60.1 Å². The molecule has 0 aliphatic rings. The Kier molecular flexibility index (Phi) is 41.3. The minimum Gasteiger partial charge on any atom is -1.00 e. The maximum absolute atomic E-state index is 13.2. The number of rotatable bonds is 38. The van der Waals surface area contributed by atoms with E-state index in [2.05, 4.69) is 62.5 Å². The first-order valence-corrected chi connectivity index (χ1v) is 21.9. The number of nitrogens with zero attached hydrogens (tertiary/aromatic N) is 2. The Morgan fingerprint density at radius 3 is 1.29 bits per heavy atom. The molecule has 0 heterocycles. The predicted molar refractivity (Wildman–Crippen MR) is 226 cm³/mol. The molecule has 0 aromatic heterocycles. The molecule has 0 spiro atoms. The van der Waals surface area contributed by atoms with Crippen LogP contribution in [0, 0.1) is 0 Å². The third-order valence-electron chi connectivity index (χ3n) is 9.53. The number of hydrogen-bond acceptors (Lipinski definition) is 6. The van der Waals surface area contributed by atoms with E-state index in [0.717, 1.165) is 77.0 Å². The number of carbonyl (C=O) groups is 3. The van der Waals surface area contributed by atoms with Crippen LogP contribution in [0.25, 0.3) is 0 Å². The topological polar surface area (TPSA) is 93.1 Å². The molecule has 0 aliphatic heterocycles. The van der Waals surface area contributed by atoms with Crippen molar-refractivity contribution in [2.24, 2.45) is 0 Å². The monoisotopic (exact) mass is 839 g/mol. The number of esters is 2. The third-order valence-corrected chi connectivity index (χ3v) is 9.53. The highest BCUT2D eigenvalue weighted by molar-refractivity contribution is 5.77. The quantitative estimate of drug-likeness (QED) is 0.0298. The average molecular weight is 840 g/mol. The summed E-state index contributed by atoms with van der Waals surface area (Å²) in [5.41, 5.74) is 0. The van der Waals surface area contributed by atoms with Crippen molar-refractivity contribution in [3.05, 3.63) is 48.6 Å². The fraction of sp³-hybridized carbons (Fsp3) is 0.761. The number of allylic oxidation sites excluding steroid dienone is 8. The summed E-state index contributed by atoms with van der Waals surface area (Å²) >= 11 is 0. The number of amides is 1. The molecule has 0 atom stereocenters. The summed E-state index contributed by atoms with van der Waals surface area (Å²) in [6.45, 7) is 5.80. The van der Waals surface area contributed by atoms with Gasteiger partial charge in [-0.15, -0.1) is 0 Å². The lowest BCUT2D eigenvalue weighted by molar-refractivity contribution is -0.883. The molecule has 1 amide bonds. The number of hydrogen-bond donors (Lipinski definition) is 1. The van der Waals surface area contributed by atoms with Gasteiger partial charge in [-0.05, 0) is 77.0 Å². The van der Waals surface area contributed by atoms with Crippen LogP contribution in [0.4, 0.5) is 0 Å². The van der Waals surface area contributed by atoms with Gasteiger partial charge in [0.05, 0.1) is 33.8 Å². The van der Waals surface area contributed by atoms with Gasteiger partial charge in [0.2, 0.25) is 0 Å². The second-order valence-corrected chi connectivity index (χ2v) is 15.3. The van der Waals surface area contributed by atoms with Crippen LogP contribution >= 0.6 is 0 Å². The van der Waals surface area contributed by atoms with E-state index in [0.29, 0.717) is 23.9 Å². The van der Waals surface area contributed by atoms with Crippen molar-refractivity contribution >= 4 is 17.8 Å². The predicted octanol–water partition coefficient (Wildman–Crippen LogP) is 7.60. The minimum absolute atomic E-state index is 0. The van der Waals surface area contributed by atoms with Crippen molar-refractivity contribution in [3.63, 3.8) is 0 Å². The Labute approximate surface area is 348 Å². The molecule has 0 fully saturated rings. The van der Waals surface area contributed by atoms with Crippen LogP contribution in [-0.4, -0.2) is 92.4 Å². The van der Waals surface area contributed by atoms with E-state index in [4.69, 9.17) is 9.47 Å². The first-order valence-electron chi connectivity index (χ1n) is 21.9. The van der Waals surface area contributed by atoms with E-state index >= 15 is 0 Å². The number of aliphatic hydroxyl groups excluding tert-OH is 1. The molecule has 320 valence electrons. The fourth-order valence-corrected chi connectivity index (χ4v) is 6.02. The fourth-order valence-electron chi connectivity index (χ4n) is 6.02. The lowest BCUT2D eigenvalue weighted by atomic mass is 10.1. The highest BCUT2D eigenvalue weighted by Gasteiger charge is 2.24. The molecule has 55 heavy (non-hydrogen) atoms. The zero-order valence-electron chi connectivity index (χ0n) is 35.8. The Hall–Kier alpha value is -2.23. The number of halogens is 1. The van der Waals surface area contributed by atoms with Gasteiger partial charge in [-0.1, -0.05) is 127 Å². The zero-order valence-corrected chi connectivity index (χ0v) is 37.4. The molecular weight excluding hydrogens is 756 g/mol. The van der Waals surface area contributed by atoms with E-state index in [1.807, 2.05) is 14.1 Å². The van der Waals surface area contributed by atoms with E-state index in [-0.39, 0.29) is 74.3 Å². The Morgan fingerprint density at radius 1 is 0.545 bits per heavy atom. The number of carbonyl (C=O) groups excluding carboxylic acids is 3. The van der Waals surface area contributed by atoms with Crippen molar-refractivity contribution in [2.45, 2.75) is 168 Å². The second-order valence-electron chi connectivity index (χ2n) is 15.3. The van der Waals surface area contributed by atoms with Crippen molar-refractivity contribution in [1.29, 1.82) is 0 Å². The maximum Gasteiger partial charge on any atom is 0.305 e. The molecule has 0 aliphatic carbocycles. The molecular formula is C46H83BrN2O6. The van der Waals surface area contributed by atoms with E-state index in [1.165, 1.54) is 64.2 Å². The van der Waals surface area contributed by atoms with Gasteiger partial charge in [-0.25, -0.2) is 0 Å². The molecule has 0 saturated heterocycles. The molecule has 8 nitrogen and oxygen atoms in total. The standard InChI is InChI=1S/C46H83N2O6.BrH/c1-5-7-9-11-13-15-17-19-21-23-25-27-29-31-33-35-45(51)53-41-37-47(44(50)43-48(3,4)39-40-49)38-42-54-46(52)36-34-32-30-28-26-24-22-20-18-16-14-12-10-8-6-2;/h13-16,19-22,49H,5-12,17-18,23-43H2,1-4H3;1H/q+1;/p-1/b15-13-,16-14-,21-19-,22-20-;. The lowest BCUT2D eigenvalue weighted by Crippen LogP contribution is -3.00. The van der Waals surface area contributed by atoms with E-state index in [9.17, 15) is 19.5 Å². The SMILES string of the molecule is CCCCC/C=C\C/C=C\CCCCCCCC(=O)OCCN(CCOC(=O)CCCCCCC/C=C\C/C=C\CCCCC)C(=O)C[N+](C)(C)CCO.[Br-]. The molecule has 1 N–H and O–H groups in total. The minimum atomic E-state index is -0.242.